The lowest BCUT2D eigenvalue weighted by Gasteiger charge is -2.24. The molecular formula is C12H12F2N2O2. The second-order valence-corrected chi connectivity index (χ2v) is 4.39. The van der Waals surface area contributed by atoms with Crippen LogP contribution in [-0.4, -0.2) is 11.7 Å². The Hall–Kier alpha value is -1.98. The second-order valence-electron chi connectivity index (χ2n) is 4.39. The number of carbonyl (C=O) groups is 2. The Balaban J connectivity index is 2.47. The van der Waals surface area contributed by atoms with E-state index in [0.29, 0.717) is 0 Å². The van der Waals surface area contributed by atoms with E-state index in [2.05, 4.69) is 0 Å². The van der Waals surface area contributed by atoms with E-state index in [1.54, 1.807) is 0 Å². The Bertz CT molecular complexity index is 543. The highest BCUT2D eigenvalue weighted by Crippen LogP contribution is 2.33. The van der Waals surface area contributed by atoms with Gasteiger partial charge in [-0.2, -0.15) is 0 Å². The maximum atomic E-state index is 13.6. The van der Waals surface area contributed by atoms with Gasteiger partial charge in [-0.05, 0) is 12.8 Å². The first-order chi connectivity index (χ1) is 8.41. The molecule has 1 aromatic carbocycles. The van der Waals surface area contributed by atoms with Gasteiger partial charge in [-0.1, -0.05) is 0 Å². The minimum absolute atomic E-state index is 0.00165. The largest absolute Gasteiger partial charge is 0.398 e. The lowest BCUT2D eigenvalue weighted by Crippen LogP contribution is -2.29. The topological polar surface area (TPSA) is 86.2 Å². The van der Waals surface area contributed by atoms with E-state index in [-0.39, 0.29) is 36.1 Å². The molecule has 1 aliphatic carbocycles. The number of nitrogen functional groups attached to an aromatic ring is 1. The summed E-state index contributed by atoms with van der Waals surface area (Å²) in [5, 5.41) is 0. The molecule has 0 saturated heterocycles. The van der Waals surface area contributed by atoms with E-state index in [9.17, 15) is 18.4 Å². The normalized spacial score (nSPS) is 18.6. The van der Waals surface area contributed by atoms with Crippen LogP contribution in [0.2, 0.25) is 0 Å². The van der Waals surface area contributed by atoms with E-state index in [1.165, 1.54) is 0 Å². The lowest BCUT2D eigenvalue weighted by atomic mass is 9.80. The third-order valence-corrected chi connectivity index (χ3v) is 3.15. The van der Waals surface area contributed by atoms with Crippen molar-refractivity contribution in [1.29, 1.82) is 0 Å². The van der Waals surface area contributed by atoms with Crippen LogP contribution >= 0.6 is 0 Å². The molecule has 0 aromatic heterocycles. The molecule has 0 aliphatic heterocycles. The molecular weight excluding hydrogens is 242 g/mol. The summed E-state index contributed by atoms with van der Waals surface area (Å²) in [5.41, 5.74) is 10.5. The molecule has 4 nitrogen and oxygen atoms in total. The smallest absolute Gasteiger partial charge is 0.218 e. The number of Topliss-reactive ketones (excluding diaryl/α,β-unsaturated/α-hetero) is 1. The standard InChI is InChI=1S/C12H12F2N2O2/c13-7-4-8(15)10-6(11(7)14)2-1-5(12(10)18)3-9(16)17/h4-5H,1-3,15H2,(H2,16,17). The predicted molar refractivity (Wildman–Crippen MR) is 60.7 cm³/mol. The number of nitrogens with two attached hydrogens (primary N) is 2. The van der Waals surface area contributed by atoms with Gasteiger partial charge in [-0.3, -0.25) is 9.59 Å². The van der Waals surface area contributed by atoms with Crippen molar-refractivity contribution < 1.29 is 18.4 Å². The van der Waals surface area contributed by atoms with Gasteiger partial charge in [0.1, 0.15) is 0 Å². The molecule has 18 heavy (non-hydrogen) atoms. The number of halogens is 2. The third kappa shape index (κ3) is 1.94. The number of rotatable bonds is 2. The average molecular weight is 254 g/mol. The maximum absolute atomic E-state index is 13.6. The Morgan fingerprint density at radius 2 is 2.11 bits per heavy atom. The highest BCUT2D eigenvalue weighted by molar-refractivity contribution is 6.05. The molecule has 0 bridgehead atoms. The fourth-order valence-electron chi connectivity index (χ4n) is 2.32. The van der Waals surface area contributed by atoms with Crippen molar-refractivity contribution >= 4 is 17.4 Å². The van der Waals surface area contributed by atoms with Crippen LogP contribution in [0.15, 0.2) is 6.07 Å². The lowest BCUT2D eigenvalue weighted by molar-refractivity contribution is -0.118. The number of ketones is 1. The number of fused-ring (bicyclic) bond motifs is 1. The summed E-state index contributed by atoms with van der Waals surface area (Å²) in [6.45, 7) is 0. The summed E-state index contributed by atoms with van der Waals surface area (Å²) < 4.78 is 26.7. The van der Waals surface area contributed by atoms with E-state index in [1.807, 2.05) is 0 Å². The minimum atomic E-state index is -1.06. The number of hydrogen-bond acceptors (Lipinski definition) is 3. The molecule has 4 N–H and O–H groups in total. The van der Waals surface area contributed by atoms with Gasteiger partial charge in [0.2, 0.25) is 5.91 Å². The molecule has 0 fully saturated rings. The van der Waals surface area contributed by atoms with Crippen molar-refractivity contribution in [2.45, 2.75) is 19.3 Å². The van der Waals surface area contributed by atoms with Crippen LogP contribution in [-0.2, 0) is 11.2 Å². The van der Waals surface area contributed by atoms with Crippen molar-refractivity contribution in [2.75, 3.05) is 5.73 Å². The summed E-state index contributed by atoms with van der Waals surface area (Å²) in [6.07, 6.45) is 0.345. The van der Waals surface area contributed by atoms with Gasteiger partial charge in [-0.15, -0.1) is 0 Å². The van der Waals surface area contributed by atoms with E-state index in [4.69, 9.17) is 11.5 Å². The SMILES string of the molecule is NC(=O)CC1CCc2c(F)c(F)cc(N)c2C1=O. The van der Waals surface area contributed by atoms with Crippen molar-refractivity contribution in [2.24, 2.45) is 11.7 Å². The maximum Gasteiger partial charge on any atom is 0.218 e. The second kappa shape index (κ2) is 4.36. The van der Waals surface area contributed by atoms with Gasteiger partial charge < -0.3 is 11.5 Å². The third-order valence-electron chi connectivity index (χ3n) is 3.15. The first kappa shape index (κ1) is 12.5. The van der Waals surface area contributed by atoms with Crippen molar-refractivity contribution in [3.05, 3.63) is 28.8 Å². The summed E-state index contributed by atoms with van der Waals surface area (Å²) in [7, 11) is 0. The fourth-order valence-corrected chi connectivity index (χ4v) is 2.32. The molecule has 96 valence electrons. The monoisotopic (exact) mass is 254 g/mol. The molecule has 0 spiro atoms. The predicted octanol–water partition coefficient (Wildman–Crippen LogP) is 1.17. The Morgan fingerprint density at radius 3 is 2.72 bits per heavy atom. The van der Waals surface area contributed by atoms with Crippen LogP contribution < -0.4 is 11.5 Å². The van der Waals surface area contributed by atoms with Crippen LogP contribution in [0.1, 0.15) is 28.8 Å². The molecule has 1 aliphatic rings. The Labute approximate surface area is 102 Å². The number of amides is 1. The molecule has 1 aromatic rings. The van der Waals surface area contributed by atoms with E-state index in [0.717, 1.165) is 6.07 Å². The van der Waals surface area contributed by atoms with Gasteiger partial charge >= 0.3 is 0 Å². The minimum Gasteiger partial charge on any atom is -0.398 e. The Kier molecular flexibility index (Phi) is 3.02. The van der Waals surface area contributed by atoms with Crippen molar-refractivity contribution in [3.63, 3.8) is 0 Å². The zero-order chi connectivity index (χ0) is 13.4. The summed E-state index contributed by atoms with van der Waals surface area (Å²) in [4.78, 5) is 22.9. The quantitative estimate of drug-likeness (QED) is 0.776. The van der Waals surface area contributed by atoms with Crippen LogP contribution in [0.3, 0.4) is 0 Å². The van der Waals surface area contributed by atoms with Gasteiger partial charge in [0, 0.05) is 35.2 Å². The molecule has 1 atom stereocenters. The van der Waals surface area contributed by atoms with Gasteiger partial charge in [-0.25, -0.2) is 8.78 Å². The molecule has 0 saturated carbocycles. The average Bonchev–Trinajstić information content (AvgIpc) is 2.28. The van der Waals surface area contributed by atoms with Crippen molar-refractivity contribution in [1.82, 2.24) is 0 Å². The number of hydrogen-bond donors (Lipinski definition) is 2. The number of anilines is 1. The van der Waals surface area contributed by atoms with Crippen LogP contribution in [0.5, 0.6) is 0 Å². The highest BCUT2D eigenvalue weighted by atomic mass is 19.2. The van der Waals surface area contributed by atoms with Gasteiger partial charge in [0.25, 0.3) is 0 Å². The summed E-state index contributed by atoms with van der Waals surface area (Å²) in [6, 6.07) is 0.790. The Morgan fingerprint density at radius 1 is 1.44 bits per heavy atom. The molecule has 0 heterocycles. The zero-order valence-electron chi connectivity index (χ0n) is 9.50. The molecule has 0 radical (unpaired) electrons. The number of carbonyl (C=O) groups excluding carboxylic acids is 2. The molecule has 1 amide bonds. The summed E-state index contributed by atoms with van der Waals surface area (Å²) >= 11 is 0. The first-order valence-corrected chi connectivity index (χ1v) is 5.50. The highest BCUT2D eigenvalue weighted by Gasteiger charge is 2.33. The van der Waals surface area contributed by atoms with E-state index < -0.39 is 29.2 Å². The van der Waals surface area contributed by atoms with Gasteiger partial charge in [0.15, 0.2) is 17.4 Å². The molecule has 2 rings (SSSR count). The number of primary amides is 1. The van der Waals surface area contributed by atoms with Crippen LogP contribution in [0.4, 0.5) is 14.5 Å². The first-order valence-electron chi connectivity index (χ1n) is 5.50. The zero-order valence-corrected chi connectivity index (χ0v) is 9.50. The van der Waals surface area contributed by atoms with E-state index >= 15 is 0 Å². The van der Waals surface area contributed by atoms with Crippen LogP contribution in [0.25, 0.3) is 0 Å². The molecule has 6 heteroatoms. The summed E-state index contributed by atoms with van der Waals surface area (Å²) in [5.74, 6) is -3.73. The fraction of sp³-hybridized carbons (Fsp3) is 0.333. The van der Waals surface area contributed by atoms with Crippen LogP contribution in [0, 0.1) is 17.6 Å². The van der Waals surface area contributed by atoms with Crippen molar-refractivity contribution in [3.8, 4) is 0 Å². The number of benzene rings is 1. The van der Waals surface area contributed by atoms with Gasteiger partial charge in [0.05, 0.1) is 0 Å². The molecule has 1 unspecified atom stereocenters.